The minimum atomic E-state index is -1.21. The van der Waals surface area contributed by atoms with Crippen molar-refractivity contribution in [2.45, 2.75) is 6.04 Å². The number of rotatable bonds is 12. The number of amides is 1. The summed E-state index contributed by atoms with van der Waals surface area (Å²) < 4.78 is 10.5. The van der Waals surface area contributed by atoms with Gasteiger partial charge in [0.2, 0.25) is 5.91 Å². The number of hydrogen-bond donors (Lipinski definition) is 1. The van der Waals surface area contributed by atoms with E-state index in [4.69, 9.17) is 9.47 Å². The number of allylic oxidation sites excluding steroid dienone is 2. The van der Waals surface area contributed by atoms with E-state index in [0.717, 1.165) is 17.2 Å². The summed E-state index contributed by atoms with van der Waals surface area (Å²) in [4.78, 5) is 39.4. The number of benzene rings is 3. The molecule has 0 spiro atoms. The van der Waals surface area contributed by atoms with Gasteiger partial charge in [0, 0.05) is 0 Å². The predicted octanol–water partition coefficient (Wildman–Crippen LogP) is 5.23. The maximum absolute atomic E-state index is 13.5. The van der Waals surface area contributed by atoms with Crippen molar-refractivity contribution in [3.05, 3.63) is 120 Å². The van der Waals surface area contributed by atoms with Gasteiger partial charge in [0.15, 0.2) is 11.6 Å². The number of nitrogens with one attached hydrogen (secondary N) is 1. The molecule has 1 N–H and O–H groups in total. The van der Waals surface area contributed by atoms with Crippen molar-refractivity contribution in [3.63, 3.8) is 0 Å². The van der Waals surface area contributed by atoms with Gasteiger partial charge in [-0.1, -0.05) is 73.3 Å². The molecule has 0 saturated carbocycles. The van der Waals surface area contributed by atoms with Crippen LogP contribution in [0.2, 0.25) is 0 Å². The molecule has 0 saturated heterocycles. The molecule has 0 heterocycles. The topological polar surface area (TPSA) is 81.7 Å². The summed E-state index contributed by atoms with van der Waals surface area (Å²) in [7, 11) is 3.12. The largest absolute Gasteiger partial charge is 0.497 e. The van der Waals surface area contributed by atoms with Crippen LogP contribution in [0.3, 0.4) is 0 Å². The third-order valence-corrected chi connectivity index (χ3v) is 5.66. The molecule has 37 heavy (non-hydrogen) atoms. The van der Waals surface area contributed by atoms with Gasteiger partial charge < -0.3 is 14.8 Å². The molecular formula is C31H29NO5. The molecule has 0 bridgehead atoms. The molecule has 3 aromatic carbocycles. The molecule has 0 aliphatic heterocycles. The van der Waals surface area contributed by atoms with E-state index >= 15 is 0 Å². The second-order valence-electron chi connectivity index (χ2n) is 8.10. The third kappa shape index (κ3) is 7.64. The van der Waals surface area contributed by atoms with Crippen molar-refractivity contribution in [1.82, 2.24) is 5.32 Å². The third-order valence-electron chi connectivity index (χ3n) is 5.66. The lowest BCUT2D eigenvalue weighted by Gasteiger charge is -2.25. The van der Waals surface area contributed by atoms with E-state index in [1.54, 1.807) is 87.0 Å². The summed E-state index contributed by atoms with van der Waals surface area (Å²) in [6.07, 6.45) is 7.06. The van der Waals surface area contributed by atoms with Crippen LogP contribution < -0.4 is 14.8 Å². The van der Waals surface area contributed by atoms with E-state index in [2.05, 4.69) is 11.9 Å². The zero-order chi connectivity index (χ0) is 26.6. The van der Waals surface area contributed by atoms with E-state index in [0.29, 0.717) is 17.1 Å². The van der Waals surface area contributed by atoms with Crippen molar-refractivity contribution in [1.29, 1.82) is 0 Å². The number of carbonyl (C=O) groups excluding carboxylic acids is 3. The van der Waals surface area contributed by atoms with Crippen molar-refractivity contribution < 1.29 is 23.9 Å². The SMILES string of the molecule is C=CC(=O)NC(c1ccccc1)C(C(=O)/C=C/c1cccc(OC)c1)C(=O)/C=C/c1cccc(OC)c1. The molecule has 3 aromatic rings. The summed E-state index contributed by atoms with van der Waals surface area (Å²) in [6.45, 7) is 3.51. The highest BCUT2D eigenvalue weighted by Gasteiger charge is 2.34. The van der Waals surface area contributed by atoms with E-state index < -0.39 is 29.4 Å². The van der Waals surface area contributed by atoms with Gasteiger partial charge in [-0.25, -0.2) is 0 Å². The lowest BCUT2D eigenvalue weighted by Crippen LogP contribution is -2.39. The second-order valence-corrected chi connectivity index (χ2v) is 8.10. The number of carbonyl (C=O) groups is 3. The number of methoxy groups -OCH3 is 2. The van der Waals surface area contributed by atoms with E-state index in [1.807, 2.05) is 18.2 Å². The fourth-order valence-corrected chi connectivity index (χ4v) is 3.75. The van der Waals surface area contributed by atoms with Crippen molar-refractivity contribution in [3.8, 4) is 11.5 Å². The zero-order valence-electron chi connectivity index (χ0n) is 20.8. The van der Waals surface area contributed by atoms with Gasteiger partial charge in [0.25, 0.3) is 0 Å². The van der Waals surface area contributed by atoms with Crippen LogP contribution in [-0.2, 0) is 14.4 Å². The number of ether oxygens (including phenoxy) is 2. The van der Waals surface area contributed by atoms with Gasteiger partial charge in [-0.3, -0.25) is 14.4 Å². The Balaban J connectivity index is 2.00. The first-order chi connectivity index (χ1) is 17.9. The lowest BCUT2D eigenvalue weighted by molar-refractivity contribution is -0.129. The minimum absolute atomic E-state index is 0.457. The van der Waals surface area contributed by atoms with Crippen molar-refractivity contribution in [2.75, 3.05) is 14.2 Å². The molecule has 6 nitrogen and oxygen atoms in total. The normalized spacial score (nSPS) is 11.9. The summed E-state index contributed by atoms with van der Waals surface area (Å²) in [5.41, 5.74) is 2.09. The Hall–Kier alpha value is -4.71. The highest BCUT2D eigenvalue weighted by atomic mass is 16.5. The quantitative estimate of drug-likeness (QED) is 0.275. The monoisotopic (exact) mass is 495 g/mol. The van der Waals surface area contributed by atoms with Crippen LogP contribution in [0, 0.1) is 5.92 Å². The molecular weight excluding hydrogens is 466 g/mol. The molecule has 188 valence electrons. The highest BCUT2D eigenvalue weighted by Crippen LogP contribution is 2.26. The highest BCUT2D eigenvalue weighted by molar-refractivity contribution is 6.14. The molecule has 0 aliphatic carbocycles. The Morgan fingerprint density at radius 1 is 0.757 bits per heavy atom. The maximum Gasteiger partial charge on any atom is 0.243 e. The molecule has 1 unspecified atom stereocenters. The Morgan fingerprint density at radius 3 is 1.73 bits per heavy atom. The van der Waals surface area contributed by atoms with Crippen molar-refractivity contribution in [2.24, 2.45) is 5.92 Å². The fourth-order valence-electron chi connectivity index (χ4n) is 3.75. The first kappa shape index (κ1) is 26.9. The van der Waals surface area contributed by atoms with E-state index in [-0.39, 0.29) is 0 Å². The van der Waals surface area contributed by atoms with Crippen LogP contribution in [0.1, 0.15) is 22.7 Å². The molecule has 0 radical (unpaired) electrons. The van der Waals surface area contributed by atoms with Crippen molar-refractivity contribution >= 4 is 29.6 Å². The molecule has 0 aromatic heterocycles. The van der Waals surface area contributed by atoms with E-state index in [9.17, 15) is 14.4 Å². The van der Waals surface area contributed by atoms with Crippen LogP contribution in [0.5, 0.6) is 11.5 Å². The number of hydrogen-bond acceptors (Lipinski definition) is 5. The molecule has 0 fully saturated rings. The first-order valence-electron chi connectivity index (χ1n) is 11.6. The summed E-state index contributed by atoms with van der Waals surface area (Å²) in [5.74, 6) is -1.33. The van der Waals surface area contributed by atoms with Crippen LogP contribution in [0.15, 0.2) is 104 Å². The van der Waals surface area contributed by atoms with E-state index in [1.165, 1.54) is 12.2 Å². The lowest BCUT2D eigenvalue weighted by atomic mass is 9.85. The minimum Gasteiger partial charge on any atom is -0.497 e. The summed E-state index contributed by atoms with van der Waals surface area (Å²) >= 11 is 0. The predicted molar refractivity (Wildman–Crippen MR) is 145 cm³/mol. The van der Waals surface area contributed by atoms with Crippen LogP contribution in [-0.4, -0.2) is 31.7 Å². The Bertz CT molecular complexity index is 1240. The van der Waals surface area contributed by atoms with Gasteiger partial charge in [-0.15, -0.1) is 0 Å². The summed E-state index contributed by atoms with van der Waals surface area (Å²) in [5, 5.41) is 2.77. The fraction of sp³-hybridized carbons (Fsp3) is 0.129. The smallest absolute Gasteiger partial charge is 0.243 e. The number of ketones is 2. The Morgan fingerprint density at radius 2 is 1.27 bits per heavy atom. The van der Waals surface area contributed by atoms with Gasteiger partial charge in [0.05, 0.1) is 20.3 Å². The zero-order valence-corrected chi connectivity index (χ0v) is 20.8. The second kappa shape index (κ2) is 13.4. The standard InChI is InChI=1S/C31H29NO5/c1-4-29(35)32-31(24-12-6-5-7-13-24)30(27(33)18-16-22-10-8-14-25(20-22)36-2)28(34)19-17-23-11-9-15-26(21-23)37-3/h4-21,30-31H,1H2,2-3H3,(H,32,35)/b18-16+,19-17+. The first-order valence-corrected chi connectivity index (χ1v) is 11.6. The van der Waals surface area contributed by atoms with Gasteiger partial charge in [-0.05, 0) is 59.2 Å². The summed E-state index contributed by atoms with van der Waals surface area (Å²) in [6, 6.07) is 22.4. The van der Waals surface area contributed by atoms with Gasteiger partial charge in [0.1, 0.15) is 17.4 Å². The molecule has 3 rings (SSSR count). The average Bonchev–Trinajstić information content (AvgIpc) is 2.95. The van der Waals surface area contributed by atoms with Gasteiger partial charge in [-0.2, -0.15) is 0 Å². The molecule has 6 heteroatoms. The van der Waals surface area contributed by atoms with Crippen LogP contribution in [0.25, 0.3) is 12.2 Å². The van der Waals surface area contributed by atoms with Gasteiger partial charge >= 0.3 is 0 Å². The van der Waals surface area contributed by atoms with Crippen LogP contribution >= 0.6 is 0 Å². The Kier molecular flexibility index (Phi) is 9.74. The molecule has 0 aliphatic rings. The maximum atomic E-state index is 13.5. The van der Waals surface area contributed by atoms with Crippen LogP contribution in [0.4, 0.5) is 0 Å². The molecule has 1 atom stereocenters. The molecule has 1 amide bonds. The Labute approximate surface area is 216 Å². The average molecular weight is 496 g/mol.